The molecular formula is C22H22N2O4S2. The minimum atomic E-state index is -3.94. The second-order valence-electron chi connectivity index (χ2n) is 7.06. The number of para-hydroxylation sites is 3. The SMILES string of the molecule is COc1ccccc1N(CC(=O)N1c2ccccc2C[C@@H]1C)S(=O)(=O)c1cccs1. The Labute approximate surface area is 180 Å². The first-order valence-corrected chi connectivity index (χ1v) is 11.8. The van der Waals surface area contributed by atoms with Gasteiger partial charge >= 0.3 is 0 Å². The van der Waals surface area contributed by atoms with Crippen molar-refractivity contribution in [3.05, 3.63) is 71.6 Å². The lowest BCUT2D eigenvalue weighted by atomic mass is 10.1. The zero-order valence-electron chi connectivity index (χ0n) is 16.7. The lowest BCUT2D eigenvalue weighted by Crippen LogP contribution is -2.45. The Balaban J connectivity index is 1.75. The monoisotopic (exact) mass is 442 g/mol. The molecule has 1 amide bonds. The Morgan fingerprint density at radius 3 is 2.60 bits per heavy atom. The highest BCUT2D eigenvalue weighted by atomic mass is 32.2. The van der Waals surface area contributed by atoms with Gasteiger partial charge in [0.05, 0.1) is 12.8 Å². The number of anilines is 2. The number of carbonyl (C=O) groups excluding carboxylic acids is 1. The van der Waals surface area contributed by atoms with Crippen LogP contribution in [0.3, 0.4) is 0 Å². The quantitative estimate of drug-likeness (QED) is 0.580. The van der Waals surface area contributed by atoms with Crippen LogP contribution in [-0.2, 0) is 21.2 Å². The first-order chi connectivity index (χ1) is 14.4. The van der Waals surface area contributed by atoms with Gasteiger partial charge in [0, 0.05) is 11.7 Å². The molecule has 2 heterocycles. The Kier molecular flexibility index (Phi) is 5.53. The van der Waals surface area contributed by atoms with Gasteiger partial charge in [-0.3, -0.25) is 9.10 Å². The molecule has 0 saturated heterocycles. The normalized spacial score (nSPS) is 15.7. The van der Waals surface area contributed by atoms with E-state index in [1.54, 1.807) is 46.7 Å². The first kappa shape index (κ1) is 20.4. The van der Waals surface area contributed by atoms with Crippen LogP contribution in [0.2, 0.25) is 0 Å². The number of rotatable bonds is 6. The number of methoxy groups -OCH3 is 1. The Morgan fingerprint density at radius 2 is 1.87 bits per heavy atom. The van der Waals surface area contributed by atoms with Crippen LogP contribution in [-0.4, -0.2) is 34.0 Å². The number of fused-ring (bicyclic) bond motifs is 1. The second kappa shape index (κ2) is 8.12. The number of benzene rings is 2. The third-order valence-electron chi connectivity index (χ3n) is 5.15. The molecule has 3 aromatic rings. The molecular weight excluding hydrogens is 420 g/mol. The maximum Gasteiger partial charge on any atom is 0.274 e. The van der Waals surface area contributed by atoms with E-state index >= 15 is 0 Å². The van der Waals surface area contributed by atoms with Crippen LogP contribution in [0.1, 0.15) is 12.5 Å². The maximum atomic E-state index is 13.4. The summed E-state index contributed by atoms with van der Waals surface area (Å²) in [6.07, 6.45) is 0.744. The first-order valence-electron chi connectivity index (χ1n) is 9.52. The number of thiophene rings is 1. The topological polar surface area (TPSA) is 66.9 Å². The minimum absolute atomic E-state index is 0.0427. The number of hydrogen-bond donors (Lipinski definition) is 0. The molecule has 30 heavy (non-hydrogen) atoms. The Hall–Kier alpha value is -2.84. The zero-order chi connectivity index (χ0) is 21.3. The van der Waals surface area contributed by atoms with Gasteiger partial charge in [0.15, 0.2) is 0 Å². The summed E-state index contributed by atoms with van der Waals surface area (Å²) in [6, 6.07) is 17.7. The lowest BCUT2D eigenvalue weighted by molar-refractivity contribution is -0.117. The van der Waals surface area contributed by atoms with Crippen molar-refractivity contribution in [1.29, 1.82) is 0 Å². The van der Waals surface area contributed by atoms with Crippen LogP contribution in [0.15, 0.2) is 70.3 Å². The van der Waals surface area contributed by atoms with E-state index in [1.165, 1.54) is 7.11 Å². The van der Waals surface area contributed by atoms with E-state index in [0.717, 1.165) is 33.3 Å². The van der Waals surface area contributed by atoms with E-state index in [1.807, 2.05) is 31.2 Å². The molecule has 0 N–H and O–H groups in total. The number of ether oxygens (including phenoxy) is 1. The average molecular weight is 443 g/mol. The smallest absolute Gasteiger partial charge is 0.274 e. The summed E-state index contributed by atoms with van der Waals surface area (Å²) < 4.78 is 33.6. The van der Waals surface area contributed by atoms with Gasteiger partial charge in [-0.05, 0) is 48.6 Å². The summed E-state index contributed by atoms with van der Waals surface area (Å²) in [6.45, 7) is 1.65. The van der Waals surface area contributed by atoms with Crippen molar-refractivity contribution < 1.29 is 17.9 Å². The Bertz CT molecular complexity index is 1160. The summed E-state index contributed by atoms with van der Waals surface area (Å²) >= 11 is 1.12. The third kappa shape index (κ3) is 3.57. The van der Waals surface area contributed by atoms with Crippen LogP contribution >= 0.6 is 11.3 Å². The van der Waals surface area contributed by atoms with E-state index in [4.69, 9.17) is 4.74 Å². The highest BCUT2D eigenvalue weighted by molar-refractivity contribution is 7.94. The fraction of sp³-hybridized carbons (Fsp3) is 0.227. The number of hydrogen-bond acceptors (Lipinski definition) is 5. The van der Waals surface area contributed by atoms with Gasteiger partial charge < -0.3 is 9.64 Å². The van der Waals surface area contributed by atoms with Gasteiger partial charge in [-0.2, -0.15) is 0 Å². The minimum Gasteiger partial charge on any atom is -0.495 e. The highest BCUT2D eigenvalue weighted by Gasteiger charge is 2.35. The number of amides is 1. The number of carbonyl (C=O) groups is 1. The van der Waals surface area contributed by atoms with Crippen LogP contribution in [0, 0.1) is 0 Å². The average Bonchev–Trinajstić information content (AvgIpc) is 3.39. The van der Waals surface area contributed by atoms with E-state index in [9.17, 15) is 13.2 Å². The number of nitrogens with zero attached hydrogens (tertiary/aromatic N) is 2. The molecule has 156 valence electrons. The summed E-state index contributed by atoms with van der Waals surface area (Å²) in [5, 5.41) is 1.70. The fourth-order valence-corrected chi connectivity index (χ4v) is 6.33. The Morgan fingerprint density at radius 1 is 1.13 bits per heavy atom. The molecule has 0 spiro atoms. The van der Waals surface area contributed by atoms with Gasteiger partial charge in [-0.25, -0.2) is 8.42 Å². The third-order valence-corrected chi connectivity index (χ3v) is 8.28. The summed E-state index contributed by atoms with van der Waals surface area (Å²) in [7, 11) is -2.46. The number of sulfonamides is 1. The van der Waals surface area contributed by atoms with E-state index < -0.39 is 10.0 Å². The predicted octanol–water partition coefficient (Wildman–Crippen LogP) is 3.93. The molecule has 6 nitrogen and oxygen atoms in total. The van der Waals surface area contributed by atoms with Crippen LogP contribution in [0.5, 0.6) is 5.75 Å². The molecule has 0 saturated carbocycles. The van der Waals surface area contributed by atoms with Gasteiger partial charge in [-0.1, -0.05) is 36.4 Å². The molecule has 0 fully saturated rings. The van der Waals surface area contributed by atoms with Crippen molar-refractivity contribution >= 4 is 38.6 Å². The second-order valence-corrected chi connectivity index (χ2v) is 10.1. The molecule has 4 rings (SSSR count). The van der Waals surface area contributed by atoms with Gasteiger partial charge in [0.25, 0.3) is 10.0 Å². The molecule has 1 aliphatic rings. The molecule has 1 aliphatic heterocycles. The predicted molar refractivity (Wildman–Crippen MR) is 119 cm³/mol. The molecule has 1 aromatic heterocycles. The van der Waals surface area contributed by atoms with E-state index in [-0.39, 0.29) is 22.7 Å². The van der Waals surface area contributed by atoms with Gasteiger partial charge in [0.2, 0.25) is 5.91 Å². The summed E-state index contributed by atoms with van der Waals surface area (Å²) in [5.41, 5.74) is 2.26. The maximum absolute atomic E-state index is 13.4. The van der Waals surface area contributed by atoms with Crippen molar-refractivity contribution in [2.24, 2.45) is 0 Å². The van der Waals surface area contributed by atoms with E-state index in [2.05, 4.69) is 0 Å². The van der Waals surface area contributed by atoms with Crippen molar-refractivity contribution in [1.82, 2.24) is 0 Å². The van der Waals surface area contributed by atoms with Crippen LogP contribution in [0.25, 0.3) is 0 Å². The van der Waals surface area contributed by atoms with Gasteiger partial charge in [-0.15, -0.1) is 11.3 Å². The molecule has 0 aliphatic carbocycles. The molecule has 1 atom stereocenters. The molecule has 0 radical (unpaired) electrons. The largest absolute Gasteiger partial charge is 0.495 e. The van der Waals surface area contributed by atoms with Crippen LogP contribution in [0.4, 0.5) is 11.4 Å². The lowest BCUT2D eigenvalue weighted by Gasteiger charge is -2.29. The van der Waals surface area contributed by atoms with Crippen molar-refractivity contribution in [2.45, 2.75) is 23.6 Å². The molecule has 2 aromatic carbocycles. The summed E-state index contributed by atoms with van der Waals surface area (Å²) in [5.74, 6) is 0.110. The molecule has 8 heteroatoms. The van der Waals surface area contributed by atoms with Crippen molar-refractivity contribution in [3.8, 4) is 5.75 Å². The highest BCUT2D eigenvalue weighted by Crippen LogP contribution is 2.35. The van der Waals surface area contributed by atoms with Crippen molar-refractivity contribution in [3.63, 3.8) is 0 Å². The van der Waals surface area contributed by atoms with Crippen LogP contribution < -0.4 is 13.9 Å². The van der Waals surface area contributed by atoms with Gasteiger partial charge in [0.1, 0.15) is 16.5 Å². The standard InChI is InChI=1S/C22H22N2O4S2/c1-16-14-17-8-3-4-9-18(17)24(16)21(25)15-23(19-10-5-6-11-20(19)28-2)30(26,27)22-12-7-13-29-22/h3-13,16H,14-15H2,1-2H3/t16-/m0/s1. The van der Waals surface area contributed by atoms with Crippen molar-refractivity contribution in [2.75, 3.05) is 22.9 Å². The molecule has 0 unspecified atom stereocenters. The zero-order valence-corrected chi connectivity index (χ0v) is 18.3. The van der Waals surface area contributed by atoms with E-state index in [0.29, 0.717) is 11.4 Å². The summed E-state index contributed by atoms with van der Waals surface area (Å²) in [4.78, 5) is 15.1. The fourth-order valence-electron chi connectivity index (χ4n) is 3.80. The molecule has 0 bridgehead atoms.